The Hall–Kier alpha value is -3.82. The summed E-state index contributed by atoms with van der Waals surface area (Å²) < 4.78 is 0. The first-order valence-corrected chi connectivity index (χ1v) is 14.8. The second kappa shape index (κ2) is 10.5. The molecule has 0 bridgehead atoms. The molecular weight excluding hydrogens is 538 g/mol. The Balaban J connectivity index is 1.19. The minimum atomic E-state index is -1.57. The van der Waals surface area contributed by atoms with Crippen LogP contribution >= 0.6 is 11.8 Å². The molecule has 2 aliphatic heterocycles. The highest BCUT2D eigenvalue weighted by molar-refractivity contribution is 8.01. The summed E-state index contributed by atoms with van der Waals surface area (Å²) in [6.07, 6.45) is -0.463. The van der Waals surface area contributed by atoms with Crippen molar-refractivity contribution in [3.63, 3.8) is 0 Å². The highest BCUT2D eigenvalue weighted by Crippen LogP contribution is 2.58. The van der Waals surface area contributed by atoms with Crippen molar-refractivity contribution in [1.29, 1.82) is 0 Å². The van der Waals surface area contributed by atoms with E-state index < -0.39 is 34.9 Å². The van der Waals surface area contributed by atoms with E-state index in [9.17, 15) is 24.6 Å². The first-order valence-electron chi connectivity index (χ1n) is 13.8. The second-order valence-electron chi connectivity index (χ2n) is 11.2. The fourth-order valence-electron chi connectivity index (χ4n) is 6.27. The molecule has 8 nitrogen and oxygen atoms in total. The highest BCUT2D eigenvalue weighted by atomic mass is 32.2. The number of phenolic OH excluding ortho intramolecular Hbond substituents is 1. The topological polar surface area (TPSA) is 110 Å². The Morgan fingerprint density at radius 2 is 1.73 bits per heavy atom. The first-order chi connectivity index (χ1) is 19.7. The molecule has 9 heteroatoms. The predicted octanol–water partition coefficient (Wildman–Crippen LogP) is 3.42. The van der Waals surface area contributed by atoms with Gasteiger partial charge in [0.25, 0.3) is 11.8 Å². The van der Waals surface area contributed by atoms with Crippen LogP contribution in [0.1, 0.15) is 46.3 Å². The number of likely N-dealkylation sites (tertiary alicyclic amines) is 1. The van der Waals surface area contributed by atoms with Crippen molar-refractivity contribution < 1.29 is 24.6 Å². The van der Waals surface area contributed by atoms with E-state index in [1.165, 1.54) is 28.3 Å². The van der Waals surface area contributed by atoms with Crippen LogP contribution in [-0.4, -0.2) is 72.7 Å². The minimum absolute atomic E-state index is 0.0134. The zero-order valence-corrected chi connectivity index (χ0v) is 23.8. The number of thioether (sulfide) groups is 1. The standard InChI is InChI=1S/C32H33N3O5S/c1-19-22(14-9-15-26(19)36)29(38)33-24(16-20-10-5-3-6-11-20)27(37)30(39)34-18-41-32(2)28(34)31(40)35(32)25-17-23(25)21-12-7-4-8-13-21/h3-15,23-25,27-28,36-37H,16-18H2,1-2H3,(H,33,38)/t23-,24-,25+,27-,28+,32?/m0/s1. The Kier molecular flexibility index (Phi) is 7.03. The van der Waals surface area contributed by atoms with E-state index in [-0.39, 0.29) is 35.6 Å². The molecule has 1 aliphatic carbocycles. The summed E-state index contributed by atoms with van der Waals surface area (Å²) in [4.78, 5) is 43.3. The number of β-lactam (4-membered cyclic amide) rings is 1. The van der Waals surface area contributed by atoms with Crippen LogP contribution < -0.4 is 5.32 Å². The van der Waals surface area contributed by atoms with Crippen molar-refractivity contribution in [2.45, 2.75) is 61.7 Å². The average Bonchev–Trinajstić information content (AvgIpc) is 3.68. The van der Waals surface area contributed by atoms with E-state index >= 15 is 0 Å². The van der Waals surface area contributed by atoms with Crippen LogP contribution in [0.3, 0.4) is 0 Å². The van der Waals surface area contributed by atoms with Gasteiger partial charge in [-0.05, 0) is 49.9 Å². The number of aliphatic hydroxyl groups is 1. The lowest BCUT2D eigenvalue weighted by Gasteiger charge is -2.53. The van der Waals surface area contributed by atoms with Gasteiger partial charge in [-0.25, -0.2) is 0 Å². The Morgan fingerprint density at radius 1 is 1.05 bits per heavy atom. The number of carbonyl (C=O) groups excluding carboxylic acids is 3. The molecule has 0 aromatic heterocycles. The van der Waals surface area contributed by atoms with E-state index in [4.69, 9.17) is 0 Å². The monoisotopic (exact) mass is 571 g/mol. The van der Waals surface area contributed by atoms with Crippen molar-refractivity contribution in [2.75, 3.05) is 5.88 Å². The number of rotatable bonds is 8. The normalized spacial score (nSPS) is 26.1. The fourth-order valence-corrected chi connectivity index (χ4v) is 7.69. The largest absolute Gasteiger partial charge is 0.508 e. The molecule has 3 aromatic carbocycles. The third-order valence-electron chi connectivity index (χ3n) is 8.66. The molecule has 2 saturated heterocycles. The maximum Gasteiger partial charge on any atom is 0.255 e. The van der Waals surface area contributed by atoms with Gasteiger partial charge in [0, 0.05) is 23.1 Å². The Morgan fingerprint density at radius 3 is 2.44 bits per heavy atom. The molecule has 1 unspecified atom stereocenters. The Labute approximate surface area is 243 Å². The number of aliphatic hydroxyl groups excluding tert-OH is 1. The lowest BCUT2D eigenvalue weighted by atomic mass is 9.92. The molecule has 212 valence electrons. The van der Waals surface area contributed by atoms with Gasteiger partial charge in [-0.1, -0.05) is 66.7 Å². The summed E-state index contributed by atoms with van der Waals surface area (Å²) in [5.74, 6) is -0.622. The Bertz CT molecular complexity index is 1490. The molecule has 41 heavy (non-hydrogen) atoms. The smallest absolute Gasteiger partial charge is 0.255 e. The zero-order valence-electron chi connectivity index (χ0n) is 22.9. The highest BCUT2D eigenvalue weighted by Gasteiger charge is 2.69. The molecule has 3 N–H and O–H groups in total. The summed E-state index contributed by atoms with van der Waals surface area (Å²) >= 11 is 1.54. The SMILES string of the molecule is Cc1c(O)cccc1C(=O)N[C@@H](Cc1ccccc1)[C@H](O)C(=O)N1CSC2(C)[C@H]1C(=O)N2[C@@H]1C[C@H]1c1ccccc1. The van der Waals surface area contributed by atoms with Gasteiger partial charge in [0.1, 0.15) is 16.7 Å². The van der Waals surface area contributed by atoms with Crippen molar-refractivity contribution in [3.05, 3.63) is 101 Å². The molecule has 2 heterocycles. The van der Waals surface area contributed by atoms with Gasteiger partial charge in [-0.15, -0.1) is 11.8 Å². The molecule has 0 radical (unpaired) electrons. The van der Waals surface area contributed by atoms with Crippen LogP contribution in [-0.2, 0) is 16.0 Å². The van der Waals surface area contributed by atoms with Crippen LogP contribution in [0.25, 0.3) is 0 Å². The lowest BCUT2D eigenvalue weighted by molar-refractivity contribution is -0.168. The number of aromatic hydroxyl groups is 1. The fraction of sp³-hybridized carbons (Fsp3) is 0.344. The molecule has 3 amide bonds. The van der Waals surface area contributed by atoms with Crippen LogP contribution in [0, 0.1) is 6.92 Å². The lowest BCUT2D eigenvalue weighted by Crippen LogP contribution is -2.74. The van der Waals surface area contributed by atoms with Gasteiger partial charge in [-0.2, -0.15) is 0 Å². The molecule has 3 aromatic rings. The number of hydrogen-bond acceptors (Lipinski definition) is 6. The third-order valence-corrected chi connectivity index (χ3v) is 10.1. The molecule has 0 spiro atoms. The van der Waals surface area contributed by atoms with Gasteiger partial charge in [-0.3, -0.25) is 14.4 Å². The van der Waals surface area contributed by atoms with Gasteiger partial charge in [0.05, 0.1) is 11.9 Å². The van der Waals surface area contributed by atoms with Gasteiger partial charge in [0.2, 0.25) is 5.91 Å². The molecular formula is C32H33N3O5S. The number of fused-ring (bicyclic) bond motifs is 1. The summed E-state index contributed by atoms with van der Waals surface area (Å²) in [6.45, 7) is 3.63. The van der Waals surface area contributed by atoms with E-state index in [1.54, 1.807) is 19.1 Å². The van der Waals surface area contributed by atoms with E-state index in [0.717, 1.165) is 12.0 Å². The van der Waals surface area contributed by atoms with Gasteiger partial charge in [0.15, 0.2) is 6.10 Å². The number of nitrogens with one attached hydrogen (secondary N) is 1. The predicted molar refractivity (Wildman–Crippen MR) is 156 cm³/mol. The van der Waals surface area contributed by atoms with Crippen molar-refractivity contribution in [3.8, 4) is 5.75 Å². The van der Waals surface area contributed by atoms with Crippen LogP contribution in [0.4, 0.5) is 0 Å². The number of phenols is 1. The van der Waals surface area contributed by atoms with Gasteiger partial charge >= 0.3 is 0 Å². The number of hydrogen-bond donors (Lipinski definition) is 3. The van der Waals surface area contributed by atoms with Crippen molar-refractivity contribution in [2.24, 2.45) is 0 Å². The molecule has 6 atom stereocenters. The minimum Gasteiger partial charge on any atom is -0.508 e. The van der Waals surface area contributed by atoms with Crippen molar-refractivity contribution >= 4 is 29.5 Å². The molecule has 3 fully saturated rings. The first kappa shape index (κ1) is 27.4. The maximum absolute atomic E-state index is 13.8. The molecule has 1 saturated carbocycles. The number of amides is 3. The number of benzene rings is 3. The van der Waals surface area contributed by atoms with E-state index in [2.05, 4.69) is 17.4 Å². The van der Waals surface area contributed by atoms with E-state index in [1.807, 2.05) is 60.4 Å². The molecule has 6 rings (SSSR count). The summed E-state index contributed by atoms with van der Waals surface area (Å²) in [6, 6.07) is 22.6. The zero-order chi connectivity index (χ0) is 28.9. The third kappa shape index (κ3) is 4.77. The summed E-state index contributed by atoms with van der Waals surface area (Å²) in [7, 11) is 0. The maximum atomic E-state index is 13.8. The quantitative estimate of drug-likeness (QED) is 0.358. The number of carbonyl (C=O) groups is 3. The van der Waals surface area contributed by atoms with Crippen LogP contribution in [0.2, 0.25) is 0 Å². The summed E-state index contributed by atoms with van der Waals surface area (Å²) in [5, 5.41) is 24.3. The van der Waals surface area contributed by atoms with Crippen molar-refractivity contribution in [1.82, 2.24) is 15.1 Å². The summed E-state index contributed by atoms with van der Waals surface area (Å²) in [5.41, 5.74) is 2.72. The van der Waals surface area contributed by atoms with Crippen LogP contribution in [0.5, 0.6) is 5.75 Å². The number of nitrogens with zero attached hydrogens (tertiary/aromatic N) is 2. The second-order valence-corrected chi connectivity index (χ2v) is 12.6. The van der Waals surface area contributed by atoms with Crippen LogP contribution in [0.15, 0.2) is 78.9 Å². The average molecular weight is 572 g/mol. The van der Waals surface area contributed by atoms with Gasteiger partial charge < -0.3 is 25.3 Å². The molecule has 3 aliphatic rings. The van der Waals surface area contributed by atoms with E-state index in [0.29, 0.717) is 11.5 Å².